The van der Waals surface area contributed by atoms with Gasteiger partial charge in [-0.1, -0.05) is 110 Å². The lowest BCUT2D eigenvalue weighted by molar-refractivity contribution is -0.139. The third-order valence-electron chi connectivity index (χ3n) is 5.04. The van der Waals surface area contributed by atoms with E-state index in [1.807, 2.05) is 0 Å². The van der Waals surface area contributed by atoms with Crippen LogP contribution < -0.4 is 0 Å². The van der Waals surface area contributed by atoms with Crippen LogP contribution in [0, 0.1) is 0 Å². The predicted molar refractivity (Wildman–Crippen MR) is 112 cm³/mol. The Morgan fingerprint density at radius 2 is 1.04 bits per heavy atom. The highest BCUT2D eigenvalue weighted by atomic mass is 16.5. The molecular weight excluding hydrogens is 324 g/mol. The molecule has 0 saturated carbocycles. The molecule has 0 aromatic heterocycles. The second-order valence-corrected chi connectivity index (χ2v) is 7.53. The summed E-state index contributed by atoms with van der Waals surface area (Å²) in [5.41, 5.74) is 0. The summed E-state index contributed by atoms with van der Waals surface area (Å²) in [6, 6.07) is 0. The second-order valence-electron chi connectivity index (χ2n) is 7.53. The summed E-state index contributed by atoms with van der Waals surface area (Å²) < 4.78 is 4.44. The summed E-state index contributed by atoms with van der Waals surface area (Å²) in [4.78, 5) is 11.0. The maximum Gasteiger partial charge on any atom is 0.372 e. The van der Waals surface area contributed by atoms with Gasteiger partial charge in [-0.25, -0.2) is 4.79 Å². The van der Waals surface area contributed by atoms with Crippen LogP contribution in [0.1, 0.15) is 122 Å². The first-order chi connectivity index (χ1) is 12.7. The molecule has 0 spiro atoms. The first-order valence-electron chi connectivity index (χ1n) is 11.2. The fourth-order valence-electron chi connectivity index (χ4n) is 3.30. The van der Waals surface area contributed by atoms with Crippen molar-refractivity contribution in [3.8, 4) is 0 Å². The van der Waals surface area contributed by atoms with E-state index in [0.717, 1.165) is 12.8 Å². The van der Waals surface area contributed by atoms with Gasteiger partial charge < -0.3 is 9.84 Å². The molecule has 0 aromatic rings. The Kier molecular flexibility index (Phi) is 19.5. The van der Waals surface area contributed by atoms with Crippen molar-refractivity contribution in [1.29, 1.82) is 0 Å². The highest BCUT2D eigenvalue weighted by Crippen LogP contribution is 2.14. The SMILES string of the molecule is CCCCCCCCCCCCCCCCCCC/C=C(\O)C(=O)OC. The van der Waals surface area contributed by atoms with Gasteiger partial charge in [0, 0.05) is 0 Å². The van der Waals surface area contributed by atoms with Crippen LogP contribution in [-0.2, 0) is 9.53 Å². The minimum absolute atomic E-state index is 0.260. The van der Waals surface area contributed by atoms with Crippen molar-refractivity contribution in [2.24, 2.45) is 0 Å². The van der Waals surface area contributed by atoms with Crippen LogP contribution in [0.2, 0.25) is 0 Å². The summed E-state index contributed by atoms with van der Waals surface area (Å²) in [5.74, 6) is -0.902. The van der Waals surface area contributed by atoms with Gasteiger partial charge in [0.1, 0.15) is 0 Å². The molecule has 0 aromatic carbocycles. The van der Waals surface area contributed by atoms with Gasteiger partial charge in [-0.2, -0.15) is 0 Å². The van der Waals surface area contributed by atoms with Gasteiger partial charge in [0.2, 0.25) is 0 Å². The van der Waals surface area contributed by atoms with Gasteiger partial charge in [0.05, 0.1) is 7.11 Å². The Bertz CT molecular complexity index is 336. The average Bonchev–Trinajstić information content (AvgIpc) is 2.66. The molecule has 154 valence electrons. The second kappa shape index (κ2) is 20.3. The van der Waals surface area contributed by atoms with Gasteiger partial charge in [-0.15, -0.1) is 0 Å². The van der Waals surface area contributed by atoms with Crippen LogP contribution in [-0.4, -0.2) is 18.2 Å². The standard InChI is InChI=1S/C23H44O3/c1-3-4-5-6-7-8-9-10-11-12-13-14-15-16-17-18-19-20-21-22(24)23(25)26-2/h21,24H,3-20H2,1-2H3/b22-21-. The Hall–Kier alpha value is -0.990. The van der Waals surface area contributed by atoms with Crippen molar-refractivity contribution in [3.05, 3.63) is 11.8 Å². The summed E-state index contributed by atoms with van der Waals surface area (Å²) in [5, 5.41) is 9.34. The molecule has 0 heterocycles. The number of hydrogen-bond acceptors (Lipinski definition) is 3. The van der Waals surface area contributed by atoms with Crippen molar-refractivity contribution in [1.82, 2.24) is 0 Å². The number of carbonyl (C=O) groups excluding carboxylic acids is 1. The van der Waals surface area contributed by atoms with Gasteiger partial charge in [0.25, 0.3) is 0 Å². The fraction of sp³-hybridized carbons (Fsp3) is 0.870. The van der Waals surface area contributed by atoms with Crippen molar-refractivity contribution in [2.45, 2.75) is 122 Å². The predicted octanol–water partition coefficient (Wildman–Crippen LogP) is 7.64. The summed E-state index contributed by atoms with van der Waals surface area (Å²) in [6.45, 7) is 2.28. The van der Waals surface area contributed by atoms with E-state index in [4.69, 9.17) is 0 Å². The Balaban J connectivity index is 3.15. The van der Waals surface area contributed by atoms with Crippen LogP contribution in [0.5, 0.6) is 0 Å². The van der Waals surface area contributed by atoms with E-state index in [1.54, 1.807) is 6.08 Å². The maximum absolute atomic E-state index is 11.0. The molecule has 3 heteroatoms. The van der Waals surface area contributed by atoms with E-state index < -0.39 is 5.97 Å². The Labute approximate surface area is 162 Å². The first kappa shape index (κ1) is 25.0. The van der Waals surface area contributed by atoms with E-state index >= 15 is 0 Å². The summed E-state index contributed by atoms with van der Waals surface area (Å²) in [7, 11) is 1.28. The molecule has 0 amide bonds. The molecule has 1 N–H and O–H groups in total. The van der Waals surface area contributed by atoms with Crippen molar-refractivity contribution < 1.29 is 14.6 Å². The van der Waals surface area contributed by atoms with Crippen molar-refractivity contribution in [3.63, 3.8) is 0 Å². The Morgan fingerprint density at radius 3 is 1.38 bits per heavy atom. The van der Waals surface area contributed by atoms with Crippen LogP contribution in [0.25, 0.3) is 0 Å². The van der Waals surface area contributed by atoms with Gasteiger partial charge in [-0.05, 0) is 18.9 Å². The molecule has 0 bridgehead atoms. The van der Waals surface area contributed by atoms with Gasteiger partial charge in [0.15, 0.2) is 5.76 Å². The molecule has 0 unspecified atom stereocenters. The van der Waals surface area contributed by atoms with E-state index in [-0.39, 0.29) is 5.76 Å². The lowest BCUT2D eigenvalue weighted by Gasteiger charge is -2.03. The quantitative estimate of drug-likeness (QED) is 0.110. The van der Waals surface area contributed by atoms with E-state index in [9.17, 15) is 9.90 Å². The monoisotopic (exact) mass is 368 g/mol. The lowest BCUT2D eigenvalue weighted by atomic mass is 10.0. The number of allylic oxidation sites excluding steroid dienone is 1. The molecule has 0 fully saturated rings. The molecule has 0 aliphatic carbocycles. The molecular formula is C23H44O3. The number of aliphatic hydroxyl groups excluding tert-OH is 1. The molecule has 0 aliphatic heterocycles. The number of esters is 1. The molecule has 3 nitrogen and oxygen atoms in total. The topological polar surface area (TPSA) is 46.5 Å². The number of ether oxygens (including phenoxy) is 1. The average molecular weight is 369 g/mol. The molecule has 0 radical (unpaired) electrons. The summed E-state index contributed by atoms with van der Waals surface area (Å²) in [6.07, 6.45) is 25.4. The molecule has 0 atom stereocenters. The summed E-state index contributed by atoms with van der Waals surface area (Å²) >= 11 is 0. The normalized spacial score (nSPS) is 11.7. The highest BCUT2D eigenvalue weighted by molar-refractivity contribution is 5.85. The van der Waals surface area contributed by atoms with E-state index in [2.05, 4.69) is 11.7 Å². The molecule has 0 rings (SSSR count). The minimum Gasteiger partial charge on any atom is -0.502 e. The fourth-order valence-corrected chi connectivity index (χ4v) is 3.30. The zero-order valence-corrected chi connectivity index (χ0v) is 17.6. The smallest absolute Gasteiger partial charge is 0.372 e. The maximum atomic E-state index is 11.0. The van der Waals surface area contributed by atoms with E-state index in [0.29, 0.717) is 0 Å². The Morgan fingerprint density at radius 1 is 0.692 bits per heavy atom. The van der Waals surface area contributed by atoms with Crippen LogP contribution in [0.4, 0.5) is 0 Å². The zero-order valence-electron chi connectivity index (χ0n) is 17.6. The lowest BCUT2D eigenvalue weighted by Crippen LogP contribution is -2.03. The zero-order chi connectivity index (χ0) is 19.3. The van der Waals surface area contributed by atoms with Crippen LogP contribution in [0.15, 0.2) is 11.8 Å². The third kappa shape index (κ3) is 17.8. The minimum atomic E-state index is -0.642. The molecule has 0 aliphatic rings. The molecule has 26 heavy (non-hydrogen) atoms. The number of carbonyl (C=O) groups is 1. The van der Waals surface area contributed by atoms with Crippen LogP contribution in [0.3, 0.4) is 0 Å². The number of unbranched alkanes of at least 4 members (excludes halogenated alkanes) is 17. The largest absolute Gasteiger partial charge is 0.502 e. The first-order valence-corrected chi connectivity index (χ1v) is 11.2. The van der Waals surface area contributed by atoms with Crippen molar-refractivity contribution >= 4 is 5.97 Å². The number of hydrogen-bond donors (Lipinski definition) is 1. The number of methoxy groups -OCH3 is 1. The van der Waals surface area contributed by atoms with Crippen molar-refractivity contribution in [2.75, 3.05) is 7.11 Å². The van der Waals surface area contributed by atoms with E-state index in [1.165, 1.54) is 110 Å². The highest BCUT2D eigenvalue weighted by Gasteiger charge is 2.04. The third-order valence-corrected chi connectivity index (χ3v) is 5.04. The van der Waals surface area contributed by atoms with Crippen LogP contribution >= 0.6 is 0 Å². The van der Waals surface area contributed by atoms with Gasteiger partial charge in [-0.3, -0.25) is 0 Å². The number of rotatable bonds is 19. The molecule has 0 saturated heterocycles. The number of aliphatic hydroxyl groups is 1. The van der Waals surface area contributed by atoms with Gasteiger partial charge >= 0.3 is 5.97 Å².